The van der Waals surface area contributed by atoms with Gasteiger partial charge in [-0.25, -0.2) is 4.98 Å². The SMILES string of the molecule is CN(C[C@@H]1CCc2nc(C(F)(F)F)cn2C1)C[C@H](O)c1ccccc1Cl. The molecule has 1 aromatic carbocycles. The Bertz CT molecular complexity index is 762. The molecule has 0 bridgehead atoms. The Morgan fingerprint density at radius 1 is 1.38 bits per heavy atom. The second-order valence-electron chi connectivity index (χ2n) is 6.86. The predicted molar refractivity (Wildman–Crippen MR) is 92.9 cm³/mol. The summed E-state index contributed by atoms with van der Waals surface area (Å²) in [6.45, 7) is 1.59. The van der Waals surface area contributed by atoms with Gasteiger partial charge >= 0.3 is 6.18 Å². The summed E-state index contributed by atoms with van der Waals surface area (Å²) in [5, 5.41) is 10.9. The molecule has 8 heteroatoms. The maximum atomic E-state index is 12.8. The largest absolute Gasteiger partial charge is 0.434 e. The Hall–Kier alpha value is -1.57. The van der Waals surface area contributed by atoms with Crippen LogP contribution in [0.3, 0.4) is 0 Å². The third kappa shape index (κ3) is 4.39. The van der Waals surface area contributed by atoms with Gasteiger partial charge in [-0.2, -0.15) is 13.2 Å². The monoisotopic (exact) mass is 387 g/mol. The van der Waals surface area contributed by atoms with Gasteiger partial charge in [0, 0.05) is 42.8 Å². The molecule has 2 heterocycles. The lowest BCUT2D eigenvalue weighted by Crippen LogP contribution is -2.34. The number of halogens is 4. The molecule has 0 aliphatic carbocycles. The van der Waals surface area contributed by atoms with E-state index in [4.69, 9.17) is 11.6 Å². The van der Waals surface area contributed by atoms with Gasteiger partial charge in [-0.05, 0) is 25.5 Å². The summed E-state index contributed by atoms with van der Waals surface area (Å²) in [4.78, 5) is 5.69. The molecule has 0 radical (unpaired) electrons. The summed E-state index contributed by atoms with van der Waals surface area (Å²) in [5.41, 5.74) is -0.146. The minimum atomic E-state index is -4.41. The number of hydrogen-bond donors (Lipinski definition) is 1. The normalized spacial score (nSPS) is 18.8. The fourth-order valence-electron chi connectivity index (χ4n) is 3.45. The second kappa shape index (κ2) is 7.58. The van der Waals surface area contributed by atoms with E-state index in [1.165, 1.54) is 0 Å². The van der Waals surface area contributed by atoms with Crippen LogP contribution in [-0.4, -0.2) is 39.7 Å². The van der Waals surface area contributed by atoms with Crippen molar-refractivity contribution in [3.05, 3.63) is 52.6 Å². The molecule has 2 aromatic rings. The van der Waals surface area contributed by atoms with Gasteiger partial charge in [-0.15, -0.1) is 0 Å². The molecular weight excluding hydrogens is 367 g/mol. The van der Waals surface area contributed by atoms with Crippen LogP contribution in [0.5, 0.6) is 0 Å². The Kier molecular flexibility index (Phi) is 5.60. The highest BCUT2D eigenvalue weighted by atomic mass is 35.5. The van der Waals surface area contributed by atoms with Crippen molar-refractivity contribution in [3.8, 4) is 0 Å². The molecule has 0 saturated heterocycles. The maximum absolute atomic E-state index is 12.8. The fourth-order valence-corrected chi connectivity index (χ4v) is 3.72. The third-order valence-electron chi connectivity index (χ3n) is 4.70. The van der Waals surface area contributed by atoms with Crippen LogP contribution in [0.2, 0.25) is 5.02 Å². The molecule has 1 N–H and O–H groups in total. The highest BCUT2D eigenvalue weighted by Gasteiger charge is 2.35. The number of imidazole rings is 1. The first-order chi connectivity index (χ1) is 12.2. The standard InChI is InChI=1S/C18H21ClF3N3O/c1-24(10-15(26)13-4-2-3-5-14(13)19)8-12-6-7-17-23-16(18(20,21)22)11-25(17)9-12/h2-5,11-12,15,26H,6-10H2,1H3/t12-,15-/m0/s1. The van der Waals surface area contributed by atoms with Crippen LogP contribution >= 0.6 is 11.6 Å². The van der Waals surface area contributed by atoms with Crippen LogP contribution in [0.15, 0.2) is 30.5 Å². The van der Waals surface area contributed by atoms with E-state index in [0.29, 0.717) is 42.5 Å². The van der Waals surface area contributed by atoms with Gasteiger partial charge in [0.1, 0.15) is 5.82 Å². The summed E-state index contributed by atoms with van der Waals surface area (Å²) in [5.74, 6) is 0.702. The van der Waals surface area contributed by atoms with Crippen molar-refractivity contribution in [1.29, 1.82) is 0 Å². The van der Waals surface area contributed by atoms with Gasteiger partial charge in [0.25, 0.3) is 0 Å². The summed E-state index contributed by atoms with van der Waals surface area (Å²) >= 11 is 6.11. The van der Waals surface area contributed by atoms with Gasteiger partial charge in [0.15, 0.2) is 5.69 Å². The first kappa shape index (κ1) is 19.2. The van der Waals surface area contributed by atoms with E-state index in [1.807, 2.05) is 24.1 Å². The lowest BCUT2D eigenvalue weighted by molar-refractivity contribution is -0.141. The van der Waals surface area contributed by atoms with Crippen LogP contribution in [-0.2, 0) is 19.1 Å². The summed E-state index contributed by atoms with van der Waals surface area (Å²) < 4.78 is 40.0. The molecule has 0 unspecified atom stereocenters. The molecule has 1 aliphatic rings. The van der Waals surface area contributed by atoms with Gasteiger partial charge in [0.05, 0.1) is 6.10 Å². The quantitative estimate of drug-likeness (QED) is 0.848. The van der Waals surface area contributed by atoms with Crippen LogP contribution < -0.4 is 0 Å². The van der Waals surface area contributed by atoms with E-state index in [9.17, 15) is 18.3 Å². The van der Waals surface area contributed by atoms with Crippen LogP contribution in [0.4, 0.5) is 13.2 Å². The molecule has 2 atom stereocenters. The van der Waals surface area contributed by atoms with Crippen LogP contribution in [0, 0.1) is 5.92 Å². The minimum absolute atomic E-state index is 0.209. The topological polar surface area (TPSA) is 41.3 Å². The van der Waals surface area contributed by atoms with E-state index in [2.05, 4.69) is 4.98 Å². The number of nitrogens with zero attached hydrogens (tertiary/aromatic N) is 3. The van der Waals surface area contributed by atoms with Crippen molar-refractivity contribution < 1.29 is 18.3 Å². The molecule has 142 valence electrons. The Balaban J connectivity index is 1.58. The smallest absolute Gasteiger partial charge is 0.387 e. The van der Waals surface area contributed by atoms with Crippen LogP contribution in [0.1, 0.15) is 29.6 Å². The van der Waals surface area contributed by atoms with Crippen molar-refractivity contribution in [2.45, 2.75) is 31.7 Å². The van der Waals surface area contributed by atoms with Gasteiger partial charge < -0.3 is 14.6 Å². The average molecular weight is 388 g/mol. The fraction of sp³-hybridized carbons (Fsp3) is 0.500. The van der Waals surface area contributed by atoms with Crippen molar-refractivity contribution in [2.75, 3.05) is 20.1 Å². The number of fused-ring (bicyclic) bond motifs is 1. The van der Waals surface area contributed by atoms with Crippen molar-refractivity contribution >= 4 is 11.6 Å². The lowest BCUT2D eigenvalue weighted by Gasteiger charge is -2.29. The number of aromatic nitrogens is 2. The molecular formula is C18H21ClF3N3O. The highest BCUT2D eigenvalue weighted by Crippen LogP contribution is 2.31. The lowest BCUT2D eigenvalue weighted by atomic mass is 9.98. The molecule has 26 heavy (non-hydrogen) atoms. The summed E-state index contributed by atoms with van der Waals surface area (Å²) in [7, 11) is 1.89. The molecule has 0 saturated carbocycles. The third-order valence-corrected chi connectivity index (χ3v) is 5.04. The van der Waals surface area contributed by atoms with Crippen LogP contribution in [0.25, 0.3) is 0 Å². The zero-order valence-corrected chi connectivity index (χ0v) is 15.1. The van der Waals surface area contributed by atoms with E-state index in [0.717, 1.165) is 12.6 Å². The number of aliphatic hydroxyl groups excluding tert-OH is 1. The zero-order chi connectivity index (χ0) is 18.9. The first-order valence-electron chi connectivity index (χ1n) is 8.48. The highest BCUT2D eigenvalue weighted by molar-refractivity contribution is 6.31. The maximum Gasteiger partial charge on any atom is 0.434 e. The van der Waals surface area contributed by atoms with E-state index in [-0.39, 0.29) is 5.92 Å². The van der Waals surface area contributed by atoms with E-state index >= 15 is 0 Å². The number of alkyl halides is 3. The number of likely N-dealkylation sites (N-methyl/N-ethyl adjacent to an activating group) is 1. The van der Waals surface area contributed by atoms with Crippen molar-refractivity contribution in [2.24, 2.45) is 5.92 Å². The average Bonchev–Trinajstić information content (AvgIpc) is 2.98. The summed E-state index contributed by atoms with van der Waals surface area (Å²) in [6, 6.07) is 7.16. The molecule has 0 amide bonds. The zero-order valence-electron chi connectivity index (χ0n) is 14.4. The summed E-state index contributed by atoms with van der Waals surface area (Å²) in [6.07, 6.45) is -2.71. The molecule has 1 aliphatic heterocycles. The number of aliphatic hydroxyl groups is 1. The molecule has 4 nitrogen and oxygen atoms in total. The molecule has 3 rings (SSSR count). The Morgan fingerprint density at radius 3 is 2.81 bits per heavy atom. The number of rotatable bonds is 5. The molecule has 1 aromatic heterocycles. The predicted octanol–water partition coefficient (Wildman–Crippen LogP) is 3.78. The van der Waals surface area contributed by atoms with Crippen molar-refractivity contribution in [3.63, 3.8) is 0 Å². The van der Waals surface area contributed by atoms with E-state index in [1.54, 1.807) is 16.7 Å². The van der Waals surface area contributed by atoms with Gasteiger partial charge in [-0.3, -0.25) is 0 Å². The van der Waals surface area contributed by atoms with Gasteiger partial charge in [0.2, 0.25) is 0 Å². The second-order valence-corrected chi connectivity index (χ2v) is 7.26. The Labute approximate surface area is 155 Å². The Morgan fingerprint density at radius 2 is 2.12 bits per heavy atom. The minimum Gasteiger partial charge on any atom is -0.387 e. The number of benzene rings is 1. The molecule has 0 spiro atoms. The van der Waals surface area contributed by atoms with Crippen molar-refractivity contribution in [1.82, 2.24) is 14.5 Å². The first-order valence-corrected chi connectivity index (χ1v) is 8.86. The molecule has 0 fully saturated rings. The van der Waals surface area contributed by atoms with E-state index < -0.39 is 18.0 Å². The number of hydrogen-bond acceptors (Lipinski definition) is 3. The number of aryl methyl sites for hydroxylation is 1. The van der Waals surface area contributed by atoms with Gasteiger partial charge in [-0.1, -0.05) is 29.8 Å².